The zero-order chi connectivity index (χ0) is 22.1. The van der Waals surface area contributed by atoms with Gasteiger partial charge in [-0.2, -0.15) is 0 Å². The molecule has 3 aromatic carbocycles. The van der Waals surface area contributed by atoms with Crippen LogP contribution in [0.25, 0.3) is 10.9 Å². The van der Waals surface area contributed by atoms with Crippen LogP contribution in [-0.4, -0.2) is 29.0 Å². The van der Waals surface area contributed by atoms with Gasteiger partial charge in [-0.3, -0.25) is 4.79 Å². The number of amides is 1. The number of H-pyrrole nitrogens is 1. The van der Waals surface area contributed by atoms with Crippen LogP contribution < -0.4 is 5.32 Å². The van der Waals surface area contributed by atoms with E-state index in [0.29, 0.717) is 18.5 Å². The summed E-state index contributed by atoms with van der Waals surface area (Å²) in [4.78, 5) is 29.1. The first-order valence-corrected chi connectivity index (χ1v) is 10.8. The number of carbonyl (C=O) groups is 2. The Morgan fingerprint density at radius 1 is 1.03 bits per heavy atom. The molecule has 0 fully saturated rings. The van der Waals surface area contributed by atoms with E-state index in [0.717, 1.165) is 27.6 Å². The number of ether oxygens (including phenoxy) is 1. The molecule has 2 N–H and O–H groups in total. The monoisotopic (exact) mass is 424 g/mol. The van der Waals surface area contributed by atoms with Gasteiger partial charge in [-0.15, -0.1) is 0 Å². The van der Waals surface area contributed by atoms with Crippen LogP contribution in [0.15, 0.2) is 85.1 Å². The van der Waals surface area contributed by atoms with Gasteiger partial charge in [-0.1, -0.05) is 66.7 Å². The molecule has 1 amide bonds. The van der Waals surface area contributed by atoms with E-state index in [9.17, 15) is 9.59 Å². The van der Waals surface area contributed by atoms with Gasteiger partial charge in [0, 0.05) is 36.0 Å². The minimum Gasteiger partial charge on any atom is -0.445 e. The Morgan fingerprint density at radius 3 is 2.59 bits per heavy atom. The molecule has 1 aromatic heterocycles. The second-order valence-corrected chi connectivity index (χ2v) is 8.42. The Morgan fingerprint density at radius 2 is 1.75 bits per heavy atom. The molecule has 0 saturated carbocycles. The van der Waals surface area contributed by atoms with Gasteiger partial charge >= 0.3 is 5.97 Å². The number of benzene rings is 3. The number of fused-ring (bicyclic) bond motifs is 2. The van der Waals surface area contributed by atoms with Crippen LogP contribution in [0.4, 0.5) is 0 Å². The lowest BCUT2D eigenvalue weighted by molar-refractivity contribution is -0.139. The van der Waals surface area contributed by atoms with Crippen molar-refractivity contribution >= 4 is 22.8 Å². The number of carbonyl (C=O) groups excluding carboxylic acids is 2. The predicted molar refractivity (Wildman–Crippen MR) is 124 cm³/mol. The number of cyclic esters (lactones) is 1. The predicted octanol–water partition coefficient (Wildman–Crippen LogP) is 4.59. The van der Waals surface area contributed by atoms with Crippen molar-refractivity contribution in [2.24, 2.45) is 0 Å². The van der Waals surface area contributed by atoms with Crippen LogP contribution in [0.1, 0.15) is 39.9 Å². The molecule has 1 aliphatic rings. The molecule has 2 heterocycles. The molecule has 0 spiro atoms. The molecule has 5 heteroatoms. The lowest BCUT2D eigenvalue weighted by atomic mass is 9.88. The summed E-state index contributed by atoms with van der Waals surface area (Å²) < 4.78 is 5.60. The highest BCUT2D eigenvalue weighted by molar-refractivity contribution is 5.97. The lowest BCUT2D eigenvalue weighted by Crippen LogP contribution is -2.52. The van der Waals surface area contributed by atoms with Crippen LogP contribution in [0.2, 0.25) is 0 Å². The summed E-state index contributed by atoms with van der Waals surface area (Å²) in [5.74, 6) is -0.798. The molecule has 32 heavy (non-hydrogen) atoms. The zero-order valence-electron chi connectivity index (χ0n) is 17.8. The van der Waals surface area contributed by atoms with Crippen molar-refractivity contribution in [2.45, 2.75) is 24.9 Å². The fourth-order valence-corrected chi connectivity index (χ4v) is 4.52. The quantitative estimate of drug-likeness (QED) is 0.461. The van der Waals surface area contributed by atoms with Gasteiger partial charge in [0.15, 0.2) is 5.60 Å². The third-order valence-corrected chi connectivity index (χ3v) is 6.23. The fourth-order valence-electron chi connectivity index (χ4n) is 4.52. The molecule has 0 aliphatic carbocycles. The minimum atomic E-state index is -1.24. The smallest absolute Gasteiger partial charge is 0.339 e. The van der Waals surface area contributed by atoms with Crippen LogP contribution in [0.3, 0.4) is 0 Å². The van der Waals surface area contributed by atoms with E-state index in [1.165, 1.54) is 0 Å². The summed E-state index contributed by atoms with van der Waals surface area (Å²) >= 11 is 0. The van der Waals surface area contributed by atoms with Gasteiger partial charge in [0.25, 0.3) is 5.91 Å². The molecule has 0 bridgehead atoms. The molecule has 5 nitrogen and oxygen atoms in total. The normalized spacial score (nSPS) is 18.6. The van der Waals surface area contributed by atoms with Crippen molar-refractivity contribution in [3.05, 3.63) is 107 Å². The van der Waals surface area contributed by atoms with E-state index in [2.05, 4.69) is 28.5 Å². The third-order valence-electron chi connectivity index (χ3n) is 6.23. The highest BCUT2D eigenvalue weighted by Crippen LogP contribution is 2.32. The molecule has 0 unspecified atom stereocenters. The largest absolute Gasteiger partial charge is 0.445 e. The molecule has 0 radical (unpaired) electrons. The fraction of sp³-hybridized carbons (Fsp3) is 0.185. The van der Waals surface area contributed by atoms with Crippen molar-refractivity contribution in [2.75, 3.05) is 6.54 Å². The Hall–Kier alpha value is -3.86. The van der Waals surface area contributed by atoms with E-state index in [1.54, 1.807) is 19.1 Å². The Bertz CT molecular complexity index is 1290. The van der Waals surface area contributed by atoms with Crippen molar-refractivity contribution in [3.8, 4) is 0 Å². The van der Waals surface area contributed by atoms with Crippen LogP contribution in [-0.2, 0) is 16.0 Å². The van der Waals surface area contributed by atoms with Gasteiger partial charge in [0.1, 0.15) is 0 Å². The number of hydrogen-bond donors (Lipinski definition) is 2. The van der Waals surface area contributed by atoms with Crippen molar-refractivity contribution in [1.29, 1.82) is 0 Å². The van der Waals surface area contributed by atoms with Crippen molar-refractivity contribution in [3.63, 3.8) is 0 Å². The average Bonchev–Trinajstić information content (AvgIpc) is 3.24. The molecule has 4 aromatic rings. The number of aromatic nitrogens is 1. The number of hydrogen-bond acceptors (Lipinski definition) is 3. The minimum absolute atomic E-state index is 0.0496. The summed E-state index contributed by atoms with van der Waals surface area (Å²) in [7, 11) is 0. The van der Waals surface area contributed by atoms with Crippen LogP contribution in [0, 0.1) is 0 Å². The zero-order valence-corrected chi connectivity index (χ0v) is 17.8. The SMILES string of the molecule is C[C@@]1(C(=O)NC[C@@H](c2ccccc2)c2c[nH]c3ccccc23)Cc2ccccc2C(=O)O1. The number of rotatable bonds is 5. The van der Waals surface area contributed by atoms with Gasteiger partial charge in [-0.25, -0.2) is 4.79 Å². The second-order valence-electron chi connectivity index (χ2n) is 8.42. The number of nitrogens with one attached hydrogen (secondary N) is 2. The van der Waals surface area contributed by atoms with Crippen LogP contribution >= 0.6 is 0 Å². The maximum absolute atomic E-state index is 13.2. The first-order valence-electron chi connectivity index (χ1n) is 10.8. The summed E-state index contributed by atoms with van der Waals surface area (Å²) in [6.45, 7) is 2.07. The third kappa shape index (κ3) is 3.56. The molecule has 5 rings (SSSR count). The van der Waals surface area contributed by atoms with Crippen molar-refractivity contribution < 1.29 is 14.3 Å². The van der Waals surface area contributed by atoms with Gasteiger partial charge in [0.05, 0.1) is 5.56 Å². The van der Waals surface area contributed by atoms with E-state index in [1.807, 2.05) is 54.7 Å². The Balaban J connectivity index is 1.42. The topological polar surface area (TPSA) is 71.2 Å². The Labute approximate surface area is 186 Å². The van der Waals surface area contributed by atoms with Crippen molar-refractivity contribution in [1.82, 2.24) is 10.3 Å². The molecule has 2 atom stereocenters. The Kier molecular flexibility index (Phi) is 5.02. The number of esters is 1. The molecular weight excluding hydrogens is 400 g/mol. The van der Waals surface area contributed by atoms with Gasteiger partial charge in [-0.05, 0) is 35.7 Å². The summed E-state index contributed by atoms with van der Waals surface area (Å²) in [5, 5.41) is 4.19. The maximum Gasteiger partial charge on any atom is 0.339 e. The standard InChI is InChI=1S/C27H24N2O3/c1-27(15-19-11-5-6-12-20(19)25(30)32-27)26(31)29-16-22(18-9-3-2-4-10-18)23-17-28-24-14-8-7-13-21(23)24/h2-14,17,22,28H,15-16H2,1H3,(H,29,31)/t22-,27-/m0/s1. The first-order chi connectivity index (χ1) is 15.5. The van der Waals surface area contributed by atoms with E-state index in [4.69, 9.17) is 4.74 Å². The maximum atomic E-state index is 13.2. The molecular formula is C27H24N2O3. The number of aromatic amines is 1. The lowest BCUT2D eigenvalue weighted by Gasteiger charge is -2.33. The highest BCUT2D eigenvalue weighted by atomic mass is 16.6. The number of para-hydroxylation sites is 1. The highest BCUT2D eigenvalue weighted by Gasteiger charge is 2.42. The van der Waals surface area contributed by atoms with Gasteiger partial charge < -0.3 is 15.0 Å². The molecule has 0 saturated heterocycles. The molecule has 1 aliphatic heterocycles. The molecule has 160 valence electrons. The second kappa shape index (κ2) is 8.00. The van der Waals surface area contributed by atoms with Crippen LogP contribution in [0.5, 0.6) is 0 Å². The summed E-state index contributed by atoms with van der Waals surface area (Å²) in [6.07, 6.45) is 2.36. The first kappa shape index (κ1) is 20.1. The van der Waals surface area contributed by atoms with Gasteiger partial charge in [0.2, 0.25) is 0 Å². The van der Waals surface area contributed by atoms with E-state index >= 15 is 0 Å². The van der Waals surface area contributed by atoms with E-state index < -0.39 is 11.6 Å². The summed E-state index contributed by atoms with van der Waals surface area (Å²) in [5.41, 5.74) is 3.39. The summed E-state index contributed by atoms with van der Waals surface area (Å²) in [6, 6.07) is 25.5. The average molecular weight is 425 g/mol. The van der Waals surface area contributed by atoms with E-state index in [-0.39, 0.29) is 11.8 Å².